The van der Waals surface area contributed by atoms with Crippen molar-refractivity contribution in [3.63, 3.8) is 0 Å². The van der Waals surface area contributed by atoms with E-state index in [4.69, 9.17) is 15.2 Å². The van der Waals surface area contributed by atoms with Crippen molar-refractivity contribution in [2.45, 2.75) is 105 Å². The first kappa shape index (κ1) is 28.4. The number of ether oxygens (including phenoxy) is 2. The van der Waals surface area contributed by atoms with Crippen LogP contribution in [-0.4, -0.2) is 33.6 Å². The number of hydrogen-bond acceptors (Lipinski definition) is 6. The summed E-state index contributed by atoms with van der Waals surface area (Å²) < 4.78 is 11.7. The summed E-state index contributed by atoms with van der Waals surface area (Å²) >= 11 is 0. The van der Waals surface area contributed by atoms with E-state index in [1.165, 1.54) is 0 Å². The molecule has 0 saturated heterocycles. The topological polar surface area (TPSA) is 97.4 Å². The van der Waals surface area contributed by atoms with Crippen LogP contribution in [0.2, 0.25) is 0 Å². The van der Waals surface area contributed by atoms with Crippen LogP contribution in [0.25, 0.3) is 0 Å². The van der Waals surface area contributed by atoms with Gasteiger partial charge >= 0.3 is 6.09 Å². The fourth-order valence-electron chi connectivity index (χ4n) is 4.25. The first-order valence-electron chi connectivity index (χ1n) is 12.8. The minimum Gasteiger partial charge on any atom is -0.507 e. The van der Waals surface area contributed by atoms with Crippen molar-refractivity contribution in [1.82, 2.24) is 4.90 Å². The van der Waals surface area contributed by atoms with Crippen molar-refractivity contribution < 1.29 is 19.4 Å². The fraction of sp³-hybridized carbons (Fsp3) is 0.533. The highest BCUT2D eigenvalue weighted by Gasteiger charge is 2.29. The Labute approximate surface area is 221 Å². The number of aliphatic imine (C=N–C) groups is 1. The molecule has 1 aliphatic rings. The van der Waals surface area contributed by atoms with Crippen molar-refractivity contribution >= 4 is 17.6 Å². The van der Waals surface area contributed by atoms with E-state index in [1.54, 1.807) is 4.90 Å². The third-order valence-corrected chi connectivity index (χ3v) is 6.22. The van der Waals surface area contributed by atoms with Gasteiger partial charge in [-0.25, -0.2) is 9.79 Å². The zero-order valence-electron chi connectivity index (χ0n) is 24.0. The Balaban J connectivity index is 2.08. The zero-order valence-corrected chi connectivity index (χ0v) is 24.0. The summed E-state index contributed by atoms with van der Waals surface area (Å²) in [5.74, 6) is 1.34. The van der Waals surface area contributed by atoms with Gasteiger partial charge in [-0.1, -0.05) is 53.7 Å². The van der Waals surface area contributed by atoms with Gasteiger partial charge < -0.3 is 20.3 Å². The number of carbonyl (C=O) groups is 1. The van der Waals surface area contributed by atoms with E-state index >= 15 is 0 Å². The van der Waals surface area contributed by atoms with Gasteiger partial charge in [0.15, 0.2) is 6.10 Å². The first-order valence-corrected chi connectivity index (χ1v) is 12.8. The van der Waals surface area contributed by atoms with Crippen LogP contribution in [0.4, 0.5) is 10.5 Å². The molecule has 202 valence electrons. The molecule has 1 atom stereocenters. The number of aromatic hydroxyl groups is 1. The molecule has 0 aromatic heterocycles. The number of para-hydroxylation sites is 1. The zero-order chi connectivity index (χ0) is 27.9. The summed E-state index contributed by atoms with van der Waals surface area (Å²) in [6.45, 7) is 20.4. The molecule has 0 radical (unpaired) electrons. The minimum atomic E-state index is -0.658. The van der Waals surface area contributed by atoms with E-state index in [0.29, 0.717) is 29.6 Å². The van der Waals surface area contributed by atoms with Gasteiger partial charge in [0.25, 0.3) is 0 Å². The van der Waals surface area contributed by atoms with E-state index in [0.717, 1.165) is 22.3 Å². The Morgan fingerprint density at radius 3 is 2.11 bits per heavy atom. The lowest BCUT2D eigenvalue weighted by Gasteiger charge is -2.31. The van der Waals surface area contributed by atoms with Gasteiger partial charge in [0, 0.05) is 12.1 Å². The van der Waals surface area contributed by atoms with Crippen molar-refractivity contribution in [2.24, 2.45) is 10.7 Å². The highest BCUT2D eigenvalue weighted by molar-refractivity contribution is 5.90. The monoisotopic (exact) mass is 509 g/mol. The summed E-state index contributed by atoms with van der Waals surface area (Å²) in [5, 5.41) is 11.1. The minimum absolute atomic E-state index is 0.253. The highest BCUT2D eigenvalue weighted by Crippen LogP contribution is 2.41. The average molecular weight is 510 g/mol. The average Bonchev–Trinajstić information content (AvgIpc) is 2.72. The normalized spacial score (nSPS) is 15.9. The molecule has 1 unspecified atom stereocenters. The SMILES string of the molecule is CC1Oc2cccc(CN(Cc3cc(C(C)(C)C)c(O)c(C(C)(C)C)c3)C(=O)OC(C)(C)C)c2N=C1N. The molecule has 2 aromatic carbocycles. The molecule has 3 rings (SSSR count). The molecule has 1 aliphatic heterocycles. The molecule has 7 nitrogen and oxygen atoms in total. The van der Waals surface area contributed by atoms with Gasteiger partial charge in [-0.3, -0.25) is 4.90 Å². The maximum atomic E-state index is 13.4. The Morgan fingerprint density at radius 2 is 1.59 bits per heavy atom. The van der Waals surface area contributed by atoms with Crippen LogP contribution in [0.3, 0.4) is 0 Å². The van der Waals surface area contributed by atoms with Crippen LogP contribution in [0.15, 0.2) is 35.3 Å². The number of carbonyl (C=O) groups excluding carboxylic acids is 1. The van der Waals surface area contributed by atoms with E-state index in [9.17, 15) is 9.90 Å². The molecule has 7 heteroatoms. The predicted octanol–water partition coefficient (Wildman–Crippen LogP) is 6.69. The molecule has 0 aliphatic carbocycles. The highest BCUT2D eigenvalue weighted by atomic mass is 16.6. The smallest absolute Gasteiger partial charge is 0.410 e. The molecular weight excluding hydrogens is 466 g/mol. The largest absolute Gasteiger partial charge is 0.507 e. The molecule has 1 heterocycles. The van der Waals surface area contributed by atoms with Crippen LogP contribution < -0.4 is 10.5 Å². The number of hydrogen-bond donors (Lipinski definition) is 2. The third kappa shape index (κ3) is 6.76. The van der Waals surface area contributed by atoms with Crippen LogP contribution in [0, 0.1) is 0 Å². The quantitative estimate of drug-likeness (QED) is 0.478. The molecule has 1 amide bonds. The molecule has 37 heavy (non-hydrogen) atoms. The maximum absolute atomic E-state index is 13.4. The van der Waals surface area contributed by atoms with Gasteiger partial charge in [-0.2, -0.15) is 0 Å². The van der Waals surface area contributed by atoms with Gasteiger partial charge in [0.1, 0.15) is 28.6 Å². The molecule has 3 N–H and O–H groups in total. The number of nitrogens with zero attached hydrogens (tertiary/aromatic N) is 2. The molecule has 0 fully saturated rings. The summed E-state index contributed by atoms with van der Waals surface area (Å²) in [4.78, 5) is 19.7. The van der Waals surface area contributed by atoms with Gasteiger partial charge in [-0.05, 0) is 73.4 Å². The fourth-order valence-corrected chi connectivity index (χ4v) is 4.25. The Bertz CT molecular complexity index is 1160. The number of nitrogens with two attached hydrogens (primary N) is 1. The van der Waals surface area contributed by atoms with Gasteiger partial charge in [0.05, 0.1) is 6.54 Å². The van der Waals surface area contributed by atoms with E-state index in [-0.39, 0.29) is 23.5 Å². The third-order valence-electron chi connectivity index (χ3n) is 6.22. The van der Waals surface area contributed by atoms with Gasteiger partial charge in [-0.15, -0.1) is 0 Å². The number of fused-ring (bicyclic) bond motifs is 1. The lowest BCUT2D eigenvalue weighted by molar-refractivity contribution is 0.0216. The van der Waals surface area contributed by atoms with Crippen molar-refractivity contribution in [2.75, 3.05) is 0 Å². The number of phenols is 1. The Kier molecular flexibility index (Phi) is 7.60. The van der Waals surface area contributed by atoms with Crippen LogP contribution in [0.1, 0.15) is 91.5 Å². The Morgan fingerprint density at radius 1 is 1.03 bits per heavy atom. The van der Waals surface area contributed by atoms with Gasteiger partial charge in [0.2, 0.25) is 0 Å². The molecule has 0 spiro atoms. The Hall–Kier alpha value is -3.22. The van der Waals surface area contributed by atoms with Crippen LogP contribution in [0.5, 0.6) is 11.5 Å². The van der Waals surface area contributed by atoms with Crippen molar-refractivity contribution in [1.29, 1.82) is 0 Å². The molecule has 2 aromatic rings. The second-order valence-electron chi connectivity index (χ2n) is 12.9. The lowest BCUT2D eigenvalue weighted by Crippen LogP contribution is -2.36. The summed E-state index contributed by atoms with van der Waals surface area (Å²) in [7, 11) is 0. The second kappa shape index (κ2) is 9.92. The lowest BCUT2D eigenvalue weighted by atomic mass is 9.78. The maximum Gasteiger partial charge on any atom is 0.410 e. The first-order chi connectivity index (χ1) is 16.9. The predicted molar refractivity (Wildman–Crippen MR) is 149 cm³/mol. The van der Waals surface area contributed by atoms with E-state index in [2.05, 4.69) is 46.5 Å². The van der Waals surface area contributed by atoms with E-state index in [1.807, 2.05) is 58.0 Å². The number of amidine groups is 1. The van der Waals surface area contributed by atoms with Crippen molar-refractivity contribution in [3.8, 4) is 11.5 Å². The number of amides is 1. The van der Waals surface area contributed by atoms with Crippen LogP contribution in [-0.2, 0) is 28.7 Å². The van der Waals surface area contributed by atoms with E-state index < -0.39 is 11.7 Å². The summed E-state index contributed by atoms with van der Waals surface area (Å²) in [5.41, 5.74) is 8.90. The standard InChI is InChI=1S/C30H43N3O4/c1-18-26(31)32-24-20(12-11-13-23(24)36-18)17-33(27(35)37-30(8,9)10)16-19-14-21(28(2,3)4)25(34)22(15-19)29(5,6)7/h11-15,18,34H,16-17H2,1-10H3,(H2,31,32). The summed E-state index contributed by atoms with van der Waals surface area (Å²) in [6, 6.07) is 9.65. The molecule has 0 bridgehead atoms. The number of phenolic OH excluding ortho intramolecular Hbond substituents is 1. The van der Waals surface area contributed by atoms with Crippen molar-refractivity contribution in [3.05, 3.63) is 52.6 Å². The number of benzene rings is 2. The molecular formula is C30H43N3O4. The summed E-state index contributed by atoms with van der Waals surface area (Å²) in [6.07, 6.45) is -0.747. The number of rotatable bonds is 4. The molecule has 0 saturated carbocycles. The van der Waals surface area contributed by atoms with Crippen LogP contribution >= 0.6 is 0 Å². The second-order valence-corrected chi connectivity index (χ2v) is 12.9.